The lowest BCUT2D eigenvalue weighted by molar-refractivity contribution is -0.253. The molecule has 450 valence electrons. The number of nitrogens with zero attached hydrogens (tertiary/aromatic N) is 3. The topological polar surface area (TPSA) is 228 Å². The number of nitrogens with one attached hydrogen (secondary N) is 1. The maximum Gasteiger partial charge on any atom is 0.305 e. The van der Waals surface area contributed by atoms with Crippen molar-refractivity contribution >= 4 is 44.0 Å². The number of hydrogen-bond donors (Lipinski definition) is 1. The van der Waals surface area contributed by atoms with Crippen molar-refractivity contribution in [3.63, 3.8) is 0 Å². The quantitative estimate of drug-likeness (QED) is 0.0197. The van der Waals surface area contributed by atoms with E-state index in [1.54, 1.807) is 21.1 Å². The highest BCUT2D eigenvalue weighted by molar-refractivity contribution is 7.44. The Kier molecular flexibility index (Phi) is 27.2. The highest BCUT2D eigenvalue weighted by Gasteiger charge is 2.49. The van der Waals surface area contributed by atoms with Crippen molar-refractivity contribution in [1.82, 2.24) is 14.9 Å². The van der Waals surface area contributed by atoms with Gasteiger partial charge in [-0.15, -0.1) is 0 Å². The molecule has 6 atom stereocenters. The van der Waals surface area contributed by atoms with Crippen molar-refractivity contribution in [1.29, 1.82) is 5.26 Å². The fourth-order valence-corrected chi connectivity index (χ4v) is 12.3. The highest BCUT2D eigenvalue weighted by atomic mass is 31.2. The number of benzene rings is 3. The maximum atomic E-state index is 13.9. The summed E-state index contributed by atoms with van der Waals surface area (Å²) in [5.41, 5.74) is 1.08. The predicted molar refractivity (Wildman–Crippen MR) is 308 cm³/mol. The SMILES string of the molecule is COc1ccc(C(OCC2(COP(OCCC#N)N(C(C)C)C(C)C)CCN(C(=O)CCCCCCC(=O)CCCC(=O)NC3C(OC(C)=O)OC(COC(C)=O)C(C)C3OC(C)=O)CC2)(c2ccccc2)c2ccc(OC)cc2)cc1. The van der Waals surface area contributed by atoms with Gasteiger partial charge in [-0.1, -0.05) is 74.4 Å². The Balaban J connectivity index is 1.20. The Morgan fingerprint density at radius 2 is 1.29 bits per heavy atom. The molecule has 2 fully saturated rings. The van der Waals surface area contributed by atoms with Gasteiger partial charge in [-0.2, -0.15) is 5.26 Å². The number of amides is 2. The van der Waals surface area contributed by atoms with Gasteiger partial charge in [0.05, 0.1) is 46.5 Å². The van der Waals surface area contributed by atoms with E-state index in [1.165, 1.54) is 20.8 Å². The average molecular weight is 1160 g/mol. The van der Waals surface area contributed by atoms with E-state index < -0.39 is 73.8 Å². The third-order valence-electron chi connectivity index (χ3n) is 15.0. The molecule has 2 aliphatic rings. The van der Waals surface area contributed by atoms with Crippen LogP contribution in [0.25, 0.3) is 0 Å². The fraction of sp³-hybridized carbons (Fsp3) is 0.597. The second-order valence-electron chi connectivity index (χ2n) is 21.8. The molecule has 0 radical (unpaired) electrons. The molecular weight excluding hydrogens is 1070 g/mol. The number of esters is 3. The highest BCUT2D eigenvalue weighted by Crippen LogP contribution is 2.50. The van der Waals surface area contributed by atoms with E-state index in [4.69, 9.17) is 42.2 Å². The first kappa shape index (κ1) is 66.8. The van der Waals surface area contributed by atoms with Crippen LogP contribution in [0.3, 0.4) is 0 Å². The Bertz CT molecular complexity index is 2480. The van der Waals surface area contributed by atoms with Crippen LogP contribution in [0, 0.1) is 22.7 Å². The van der Waals surface area contributed by atoms with Crippen molar-refractivity contribution < 1.29 is 71.0 Å². The van der Waals surface area contributed by atoms with E-state index in [2.05, 4.69) is 55.9 Å². The molecule has 3 aromatic carbocycles. The van der Waals surface area contributed by atoms with E-state index in [9.17, 15) is 34.0 Å². The molecule has 3 aromatic rings. The monoisotopic (exact) mass is 1160 g/mol. The zero-order valence-electron chi connectivity index (χ0n) is 49.7. The van der Waals surface area contributed by atoms with Crippen LogP contribution in [0.15, 0.2) is 78.9 Å². The number of hydrogen-bond acceptors (Lipinski definition) is 17. The van der Waals surface area contributed by atoms with E-state index in [0.29, 0.717) is 63.1 Å². The number of methoxy groups -OCH3 is 2. The predicted octanol–water partition coefficient (Wildman–Crippen LogP) is 9.90. The first-order chi connectivity index (χ1) is 39.3. The average Bonchev–Trinajstić information content (AvgIpc) is 3.05. The number of piperidine rings is 1. The Hall–Kier alpha value is -6.00. The van der Waals surface area contributed by atoms with Crippen LogP contribution < -0.4 is 14.8 Å². The maximum absolute atomic E-state index is 13.9. The number of unbranched alkanes of at least 4 members (excludes halogenated alkanes) is 3. The van der Waals surface area contributed by atoms with Crippen LogP contribution in [0.1, 0.15) is 149 Å². The smallest absolute Gasteiger partial charge is 0.305 e. The summed E-state index contributed by atoms with van der Waals surface area (Å²) in [5.74, 6) is -1.34. The van der Waals surface area contributed by atoms with Gasteiger partial charge in [-0.05, 0) is 101 Å². The lowest BCUT2D eigenvalue weighted by Crippen LogP contribution is -2.63. The normalized spacial score (nSPS) is 19.2. The molecule has 19 nitrogen and oxygen atoms in total. The molecular formula is C62H87N4O15P. The van der Waals surface area contributed by atoms with Gasteiger partial charge < -0.3 is 52.4 Å². The zero-order chi connectivity index (χ0) is 59.8. The van der Waals surface area contributed by atoms with Crippen LogP contribution >= 0.6 is 8.53 Å². The number of carbonyl (C=O) groups is 6. The molecule has 2 aliphatic heterocycles. The molecule has 2 amide bonds. The van der Waals surface area contributed by atoms with E-state index >= 15 is 0 Å². The third-order valence-corrected chi connectivity index (χ3v) is 17.0. The number of ketones is 1. The van der Waals surface area contributed by atoms with Gasteiger partial charge in [0.1, 0.15) is 47.7 Å². The van der Waals surface area contributed by atoms with Crippen LogP contribution in [0.2, 0.25) is 0 Å². The summed E-state index contributed by atoms with van der Waals surface area (Å²) < 4.78 is 56.3. The van der Waals surface area contributed by atoms with Gasteiger partial charge in [-0.25, -0.2) is 4.67 Å². The summed E-state index contributed by atoms with van der Waals surface area (Å²) in [6, 6.07) is 27.4. The summed E-state index contributed by atoms with van der Waals surface area (Å²) in [4.78, 5) is 77.7. The number of nitriles is 1. The third kappa shape index (κ3) is 19.6. The Morgan fingerprint density at radius 3 is 1.83 bits per heavy atom. The van der Waals surface area contributed by atoms with Gasteiger partial charge in [0.15, 0.2) is 0 Å². The molecule has 6 unspecified atom stereocenters. The lowest BCUT2D eigenvalue weighted by atomic mass is 9.77. The number of rotatable bonds is 33. The lowest BCUT2D eigenvalue weighted by Gasteiger charge is -2.45. The summed E-state index contributed by atoms with van der Waals surface area (Å²) in [5, 5.41) is 12.2. The molecule has 2 heterocycles. The minimum atomic E-state index is -1.57. The molecule has 0 saturated carbocycles. The van der Waals surface area contributed by atoms with Gasteiger partial charge in [0, 0.05) is 83.0 Å². The van der Waals surface area contributed by atoms with Gasteiger partial charge in [-0.3, -0.25) is 28.8 Å². The molecule has 0 aliphatic carbocycles. The minimum Gasteiger partial charge on any atom is -0.497 e. The van der Waals surface area contributed by atoms with Crippen molar-refractivity contribution in [2.24, 2.45) is 11.3 Å². The molecule has 0 bridgehead atoms. The first-order valence-electron chi connectivity index (χ1n) is 28.7. The van der Waals surface area contributed by atoms with Crippen LogP contribution in [0.4, 0.5) is 0 Å². The summed E-state index contributed by atoms with van der Waals surface area (Å²) in [7, 11) is 1.71. The molecule has 20 heteroatoms. The largest absolute Gasteiger partial charge is 0.497 e. The van der Waals surface area contributed by atoms with Crippen molar-refractivity contribution in [2.45, 2.75) is 175 Å². The summed E-state index contributed by atoms with van der Waals surface area (Å²) in [6.45, 7) is 15.4. The van der Waals surface area contributed by atoms with Gasteiger partial charge >= 0.3 is 17.9 Å². The molecule has 5 rings (SSSR count). The van der Waals surface area contributed by atoms with Crippen LogP contribution in [0.5, 0.6) is 11.5 Å². The number of Topliss-reactive ketones (excluding diaryl/α,β-unsaturated/α-hetero) is 1. The number of ether oxygens (including phenoxy) is 7. The Labute approximate surface area is 486 Å². The van der Waals surface area contributed by atoms with E-state index in [-0.39, 0.29) is 75.9 Å². The zero-order valence-corrected chi connectivity index (χ0v) is 50.6. The minimum absolute atomic E-state index is 0.0112. The van der Waals surface area contributed by atoms with Crippen molar-refractivity contribution in [3.05, 3.63) is 95.6 Å². The van der Waals surface area contributed by atoms with E-state index in [0.717, 1.165) is 29.5 Å². The Morgan fingerprint density at radius 1 is 0.732 bits per heavy atom. The standard InChI is InChI=1S/C62H87N4O15P/c1-43(2)66(44(3)4)82(77-39-19-36-63)78-42-61(41-76-62(49-20-14-13-15-21-49,50-26-30-53(73-9)31-27-50)51-28-32-54(74-10)33-29-51)34-37-65(38-35-61)57(72)25-17-12-11-16-22-52(70)23-18-24-56(71)64-58-59(79-47(7)68)45(5)55(40-75-46(6)67)81-60(58)80-48(8)69/h13-15,20-21,26-33,43-45,55,58-60H,11-12,16-19,22-25,34-35,37-42H2,1-10H3,(H,64,71). The summed E-state index contributed by atoms with van der Waals surface area (Å²) >= 11 is 0. The van der Waals surface area contributed by atoms with Crippen LogP contribution in [-0.2, 0) is 67.1 Å². The van der Waals surface area contributed by atoms with E-state index in [1.807, 2.05) is 71.6 Å². The number of carbonyl (C=O) groups excluding carboxylic acids is 6. The van der Waals surface area contributed by atoms with Crippen molar-refractivity contribution in [2.75, 3.05) is 53.7 Å². The number of likely N-dealkylation sites (tertiary alicyclic amines) is 1. The fourth-order valence-electron chi connectivity index (χ4n) is 10.6. The molecule has 2 saturated heterocycles. The second kappa shape index (κ2) is 33.3. The molecule has 1 N–H and O–H groups in total. The summed E-state index contributed by atoms with van der Waals surface area (Å²) in [6.07, 6.45) is 2.36. The van der Waals surface area contributed by atoms with Gasteiger partial charge in [0.25, 0.3) is 8.53 Å². The molecule has 82 heavy (non-hydrogen) atoms. The van der Waals surface area contributed by atoms with Crippen molar-refractivity contribution in [3.8, 4) is 17.6 Å². The van der Waals surface area contributed by atoms with Gasteiger partial charge in [0.2, 0.25) is 18.1 Å². The molecule has 0 spiro atoms. The first-order valence-corrected chi connectivity index (χ1v) is 29.8. The second-order valence-corrected chi connectivity index (χ2v) is 23.2. The molecule has 0 aromatic heterocycles. The van der Waals surface area contributed by atoms with Crippen LogP contribution in [-0.4, -0.2) is 135 Å².